The summed E-state index contributed by atoms with van der Waals surface area (Å²) in [7, 11) is 0. The second kappa shape index (κ2) is 15.5. The van der Waals surface area contributed by atoms with Gasteiger partial charge in [0.25, 0.3) is 0 Å². The maximum absolute atomic E-state index is 12.6. The molecule has 2 aromatic carbocycles. The van der Waals surface area contributed by atoms with E-state index in [2.05, 4.69) is 31.9 Å². The number of ether oxygens (including phenoxy) is 2. The summed E-state index contributed by atoms with van der Waals surface area (Å²) in [5, 5.41) is 9.53. The zero-order valence-electron chi connectivity index (χ0n) is 27.8. The van der Waals surface area contributed by atoms with Crippen molar-refractivity contribution in [3.63, 3.8) is 0 Å². The monoisotopic (exact) mass is 790 g/mol. The first kappa shape index (κ1) is 36.6. The van der Waals surface area contributed by atoms with Crippen molar-refractivity contribution in [2.75, 3.05) is 13.1 Å². The van der Waals surface area contributed by atoms with Gasteiger partial charge in [-0.15, -0.1) is 0 Å². The molecule has 10 nitrogen and oxygen atoms in total. The van der Waals surface area contributed by atoms with Crippen molar-refractivity contribution >= 4 is 50.0 Å². The van der Waals surface area contributed by atoms with Gasteiger partial charge in [0.05, 0.1) is 12.1 Å². The molecular formula is C36H48Br2N4O6. The molecule has 2 aliphatic carbocycles. The van der Waals surface area contributed by atoms with Crippen LogP contribution in [0.1, 0.15) is 101 Å². The van der Waals surface area contributed by atoms with Crippen LogP contribution < -0.4 is 11.5 Å². The molecule has 6 rings (SSSR count). The lowest BCUT2D eigenvalue weighted by Crippen LogP contribution is -2.52. The van der Waals surface area contributed by atoms with Gasteiger partial charge in [0.1, 0.15) is 17.4 Å². The van der Waals surface area contributed by atoms with Gasteiger partial charge >= 0.3 is 12.2 Å². The predicted molar refractivity (Wildman–Crippen MR) is 189 cm³/mol. The smallest absolute Gasteiger partial charge is 0.410 e. The van der Waals surface area contributed by atoms with E-state index >= 15 is 0 Å². The van der Waals surface area contributed by atoms with E-state index in [4.69, 9.17) is 20.9 Å². The number of aliphatic hydroxyl groups is 1. The lowest BCUT2D eigenvalue weighted by atomic mass is 9.76. The van der Waals surface area contributed by atoms with E-state index in [1.165, 1.54) is 0 Å². The fraction of sp³-hybridized carbons (Fsp3) is 0.583. The molecule has 3 amide bonds. The highest BCUT2D eigenvalue weighted by atomic mass is 79.9. The number of nitrogens with zero attached hydrogens (tertiary/aromatic N) is 2. The summed E-state index contributed by atoms with van der Waals surface area (Å²) in [6.45, 7) is 5.43. The third kappa shape index (κ3) is 8.54. The van der Waals surface area contributed by atoms with Gasteiger partial charge in [-0.05, 0) is 107 Å². The molecule has 1 unspecified atom stereocenters. The molecule has 2 aliphatic heterocycles. The van der Waals surface area contributed by atoms with Crippen LogP contribution in [0.2, 0.25) is 0 Å². The summed E-state index contributed by atoms with van der Waals surface area (Å²) in [4.78, 5) is 40.1. The Hall–Kier alpha value is -2.67. The number of aliphatic hydroxyl groups excluding tert-OH is 1. The van der Waals surface area contributed by atoms with Gasteiger partial charge in [-0.1, -0.05) is 56.1 Å². The molecule has 0 aromatic heterocycles. The van der Waals surface area contributed by atoms with E-state index in [0.29, 0.717) is 25.9 Å². The molecule has 48 heavy (non-hydrogen) atoms. The van der Waals surface area contributed by atoms with E-state index in [1.54, 1.807) is 9.80 Å². The number of nitrogens with two attached hydrogens (primary N) is 2. The topological polar surface area (TPSA) is 148 Å². The zero-order chi connectivity index (χ0) is 34.6. The maximum atomic E-state index is 12.6. The molecular weight excluding hydrogens is 744 g/mol. The van der Waals surface area contributed by atoms with Crippen LogP contribution in [0, 0.1) is 11.8 Å². The highest BCUT2D eigenvalue weighted by molar-refractivity contribution is 9.10. The summed E-state index contributed by atoms with van der Waals surface area (Å²) >= 11 is 6.86. The standard InChI is InChI=1S/C18H25BrN2O3.C18H23BrN2O3/c2*1-12(13-2-4-15(19)5-3-13)21-11-10-18(24-17(21)23)8-6-14(7-9-18)16(20)22/h2-5,12,14,16,22H,6-11,20H2,1H3;2-5,12,14H,6-11H2,1H3,(H2,20,22)/t12-,14?,16?,18?;12-,14?,18?/m00/s1. The highest BCUT2D eigenvalue weighted by Gasteiger charge is 2.46. The van der Waals surface area contributed by atoms with Crippen LogP contribution in [0.25, 0.3) is 0 Å². The molecule has 0 radical (unpaired) electrons. The molecule has 2 saturated carbocycles. The van der Waals surface area contributed by atoms with Crippen LogP contribution >= 0.6 is 31.9 Å². The molecule has 4 fully saturated rings. The van der Waals surface area contributed by atoms with E-state index < -0.39 is 11.8 Å². The lowest BCUT2D eigenvalue weighted by molar-refractivity contribution is -0.126. The molecule has 262 valence electrons. The average Bonchev–Trinajstić information content (AvgIpc) is 3.06. The summed E-state index contributed by atoms with van der Waals surface area (Å²) in [6.07, 6.45) is 6.48. The molecule has 0 bridgehead atoms. The maximum Gasteiger partial charge on any atom is 0.410 e. The van der Waals surface area contributed by atoms with Gasteiger partial charge in [-0.25, -0.2) is 9.59 Å². The van der Waals surface area contributed by atoms with Crippen LogP contribution in [-0.4, -0.2) is 63.5 Å². The Morgan fingerprint density at radius 3 is 1.46 bits per heavy atom. The number of rotatable bonds is 6. The minimum Gasteiger partial charge on any atom is -0.443 e. The minimum atomic E-state index is -0.768. The molecule has 2 aromatic rings. The van der Waals surface area contributed by atoms with Crippen molar-refractivity contribution in [2.24, 2.45) is 23.3 Å². The summed E-state index contributed by atoms with van der Waals surface area (Å²) in [5.41, 5.74) is 12.4. The molecule has 3 atom stereocenters. The molecule has 2 heterocycles. The summed E-state index contributed by atoms with van der Waals surface area (Å²) in [5.74, 6) is -0.194. The van der Waals surface area contributed by atoms with E-state index in [0.717, 1.165) is 71.4 Å². The van der Waals surface area contributed by atoms with Crippen LogP contribution in [0.5, 0.6) is 0 Å². The van der Waals surface area contributed by atoms with Crippen molar-refractivity contribution in [1.82, 2.24) is 9.80 Å². The second-order valence-corrected chi connectivity index (χ2v) is 15.8. The van der Waals surface area contributed by atoms with Gasteiger partial charge in [0.2, 0.25) is 5.91 Å². The fourth-order valence-electron chi connectivity index (χ4n) is 7.61. The first-order valence-corrected chi connectivity index (χ1v) is 18.6. The molecule has 2 spiro atoms. The van der Waals surface area contributed by atoms with Gasteiger partial charge in [-0.3, -0.25) is 4.79 Å². The van der Waals surface area contributed by atoms with Crippen LogP contribution in [-0.2, 0) is 14.3 Å². The van der Waals surface area contributed by atoms with E-state index in [1.807, 2.05) is 62.4 Å². The SMILES string of the molecule is C[C@@H](c1ccc(Br)cc1)N1CCC2(CCC(C(N)=O)CC2)OC1=O.C[C@@H](c1ccc(Br)cc1)N1CCC2(CCC(C(N)O)CC2)OC1=O. The molecule has 2 saturated heterocycles. The first-order chi connectivity index (χ1) is 22.8. The van der Waals surface area contributed by atoms with Crippen molar-refractivity contribution in [1.29, 1.82) is 0 Å². The van der Waals surface area contributed by atoms with Crippen molar-refractivity contribution < 1.29 is 29.0 Å². The van der Waals surface area contributed by atoms with Crippen LogP contribution in [0.3, 0.4) is 0 Å². The van der Waals surface area contributed by atoms with E-state index in [9.17, 15) is 19.5 Å². The largest absolute Gasteiger partial charge is 0.443 e. The first-order valence-electron chi connectivity index (χ1n) is 17.0. The number of carbonyl (C=O) groups excluding carboxylic acids is 3. The highest BCUT2D eigenvalue weighted by Crippen LogP contribution is 2.43. The average molecular weight is 793 g/mol. The normalized spacial score (nSPS) is 29.3. The van der Waals surface area contributed by atoms with Gasteiger partial charge < -0.3 is 35.8 Å². The van der Waals surface area contributed by atoms with Gasteiger partial charge in [0.15, 0.2) is 0 Å². The van der Waals surface area contributed by atoms with Crippen molar-refractivity contribution in [3.8, 4) is 0 Å². The van der Waals surface area contributed by atoms with Crippen LogP contribution in [0.4, 0.5) is 9.59 Å². The fourth-order valence-corrected chi connectivity index (χ4v) is 8.14. The Morgan fingerprint density at radius 2 is 1.12 bits per heavy atom. The van der Waals surface area contributed by atoms with Crippen molar-refractivity contribution in [2.45, 2.75) is 108 Å². The number of carbonyl (C=O) groups is 3. The molecule has 5 N–H and O–H groups in total. The van der Waals surface area contributed by atoms with Crippen LogP contribution in [0.15, 0.2) is 57.5 Å². The summed E-state index contributed by atoms with van der Waals surface area (Å²) < 4.78 is 13.8. The minimum absolute atomic E-state index is 0.00912. The number of primary amides is 1. The lowest BCUT2D eigenvalue weighted by Gasteiger charge is -2.46. The van der Waals surface area contributed by atoms with Gasteiger partial charge in [-0.2, -0.15) is 0 Å². The Morgan fingerprint density at radius 1 is 0.750 bits per heavy atom. The quantitative estimate of drug-likeness (QED) is 0.260. The number of hydrogen-bond acceptors (Lipinski definition) is 7. The molecule has 12 heteroatoms. The predicted octanol–water partition coefficient (Wildman–Crippen LogP) is 7.33. The Kier molecular flexibility index (Phi) is 11.8. The number of halogens is 2. The zero-order valence-corrected chi connectivity index (χ0v) is 31.0. The second-order valence-electron chi connectivity index (χ2n) is 13.9. The Bertz CT molecular complexity index is 1420. The number of benzene rings is 2. The number of hydrogen-bond donors (Lipinski definition) is 3. The third-order valence-electron chi connectivity index (χ3n) is 11.1. The Balaban J connectivity index is 0.000000188. The van der Waals surface area contributed by atoms with Gasteiger partial charge in [0, 0.05) is 40.8 Å². The van der Waals surface area contributed by atoms with E-state index in [-0.39, 0.29) is 47.6 Å². The number of amides is 3. The summed E-state index contributed by atoms with van der Waals surface area (Å²) in [6, 6.07) is 16.0. The Labute approximate surface area is 300 Å². The van der Waals surface area contributed by atoms with Crippen molar-refractivity contribution in [3.05, 3.63) is 68.6 Å². The molecule has 4 aliphatic rings. The third-order valence-corrected chi connectivity index (χ3v) is 12.1.